The van der Waals surface area contributed by atoms with E-state index in [0.717, 1.165) is 42.3 Å². The molecule has 0 unspecified atom stereocenters. The number of aromatic nitrogens is 6. The standard InChI is InChI=1S/C24H24N6O/c1-17-15-29(16-25-17)21-10-8-20(26-24(21)31-2)9-11-22-27-23-14-19(12-13-30(23)28-22)18-6-4-3-5-7-18/h3-11,15-16,19H,12-14H2,1-2H3/b11-9+/t19-/m1/s1. The molecule has 7 heteroatoms. The first kappa shape index (κ1) is 19.2. The second-order valence-corrected chi connectivity index (χ2v) is 7.73. The maximum atomic E-state index is 5.49. The number of nitrogens with zero attached hydrogens (tertiary/aromatic N) is 6. The Kier molecular flexibility index (Phi) is 5.08. The van der Waals surface area contributed by atoms with Gasteiger partial charge in [0.2, 0.25) is 5.88 Å². The fourth-order valence-electron chi connectivity index (χ4n) is 4.00. The maximum absolute atomic E-state index is 5.49. The van der Waals surface area contributed by atoms with Gasteiger partial charge in [-0.1, -0.05) is 30.3 Å². The van der Waals surface area contributed by atoms with Crippen LogP contribution in [0.25, 0.3) is 17.8 Å². The van der Waals surface area contributed by atoms with Crippen molar-refractivity contribution >= 4 is 12.2 Å². The molecule has 7 nitrogen and oxygen atoms in total. The number of benzene rings is 1. The van der Waals surface area contributed by atoms with Crippen LogP contribution in [0.4, 0.5) is 0 Å². The van der Waals surface area contributed by atoms with Gasteiger partial charge in [-0.2, -0.15) is 5.10 Å². The SMILES string of the molecule is COc1nc(/C=C/c2nc3n(n2)CC[C@@H](c2ccccc2)C3)ccc1-n1cnc(C)c1. The molecule has 1 aromatic carbocycles. The molecule has 0 bridgehead atoms. The molecule has 0 radical (unpaired) electrons. The normalized spacial score (nSPS) is 15.9. The lowest BCUT2D eigenvalue weighted by molar-refractivity contribution is 0.395. The van der Waals surface area contributed by atoms with E-state index in [1.54, 1.807) is 13.4 Å². The summed E-state index contributed by atoms with van der Waals surface area (Å²) in [5.74, 6) is 2.79. The fourth-order valence-corrected chi connectivity index (χ4v) is 4.00. The zero-order valence-electron chi connectivity index (χ0n) is 17.6. The molecule has 156 valence electrons. The van der Waals surface area contributed by atoms with Gasteiger partial charge in [-0.05, 0) is 49.1 Å². The van der Waals surface area contributed by atoms with Crippen LogP contribution in [0.15, 0.2) is 55.0 Å². The van der Waals surface area contributed by atoms with E-state index in [1.807, 2.05) is 46.7 Å². The first-order chi connectivity index (χ1) is 15.2. The molecule has 0 fully saturated rings. The number of hydrogen-bond donors (Lipinski definition) is 0. The van der Waals surface area contributed by atoms with Crippen LogP contribution in [0.3, 0.4) is 0 Å². The highest BCUT2D eigenvalue weighted by Crippen LogP contribution is 2.28. The van der Waals surface area contributed by atoms with Crippen LogP contribution >= 0.6 is 0 Å². The largest absolute Gasteiger partial charge is 0.479 e. The summed E-state index contributed by atoms with van der Waals surface area (Å²) >= 11 is 0. The second-order valence-electron chi connectivity index (χ2n) is 7.73. The van der Waals surface area contributed by atoms with Crippen LogP contribution < -0.4 is 4.74 Å². The zero-order chi connectivity index (χ0) is 21.2. The Labute approximate surface area is 181 Å². The van der Waals surface area contributed by atoms with Gasteiger partial charge >= 0.3 is 0 Å². The van der Waals surface area contributed by atoms with Crippen molar-refractivity contribution in [3.05, 3.63) is 83.6 Å². The summed E-state index contributed by atoms with van der Waals surface area (Å²) in [6.07, 6.45) is 9.52. The van der Waals surface area contributed by atoms with Crippen LogP contribution in [0.5, 0.6) is 5.88 Å². The van der Waals surface area contributed by atoms with E-state index in [0.29, 0.717) is 17.6 Å². The quantitative estimate of drug-likeness (QED) is 0.494. The van der Waals surface area contributed by atoms with Gasteiger partial charge in [-0.25, -0.2) is 19.6 Å². The molecule has 0 saturated carbocycles. The molecule has 0 saturated heterocycles. The Morgan fingerprint density at radius 3 is 2.71 bits per heavy atom. The van der Waals surface area contributed by atoms with Crippen molar-refractivity contribution in [2.75, 3.05) is 7.11 Å². The molecule has 4 heterocycles. The topological polar surface area (TPSA) is 70.7 Å². The summed E-state index contributed by atoms with van der Waals surface area (Å²) in [6, 6.07) is 14.6. The van der Waals surface area contributed by atoms with Crippen LogP contribution in [0.2, 0.25) is 0 Å². The molecular formula is C24H24N6O. The lowest BCUT2D eigenvalue weighted by Gasteiger charge is -2.22. The smallest absolute Gasteiger partial charge is 0.238 e. The van der Waals surface area contributed by atoms with E-state index in [1.165, 1.54) is 5.56 Å². The van der Waals surface area contributed by atoms with Crippen LogP contribution in [0.1, 0.15) is 40.9 Å². The van der Waals surface area contributed by atoms with Crippen molar-refractivity contribution < 1.29 is 4.74 Å². The summed E-state index contributed by atoms with van der Waals surface area (Å²) < 4.78 is 9.42. The van der Waals surface area contributed by atoms with Crippen molar-refractivity contribution in [3.63, 3.8) is 0 Å². The van der Waals surface area contributed by atoms with E-state index in [2.05, 4.69) is 45.4 Å². The Bertz CT molecular complexity index is 1220. The Morgan fingerprint density at radius 1 is 1.06 bits per heavy atom. The molecule has 3 aromatic heterocycles. The lowest BCUT2D eigenvalue weighted by Crippen LogP contribution is -2.19. The monoisotopic (exact) mass is 412 g/mol. The minimum absolute atomic E-state index is 0.500. The molecule has 1 aliphatic heterocycles. The number of rotatable bonds is 5. The predicted molar refractivity (Wildman–Crippen MR) is 119 cm³/mol. The van der Waals surface area contributed by atoms with Gasteiger partial charge in [0.1, 0.15) is 11.5 Å². The Morgan fingerprint density at radius 2 is 1.94 bits per heavy atom. The van der Waals surface area contributed by atoms with Crippen LogP contribution in [-0.4, -0.2) is 36.4 Å². The van der Waals surface area contributed by atoms with E-state index < -0.39 is 0 Å². The zero-order valence-corrected chi connectivity index (χ0v) is 17.6. The molecule has 0 aliphatic carbocycles. The molecule has 1 aliphatic rings. The van der Waals surface area contributed by atoms with Crippen LogP contribution in [-0.2, 0) is 13.0 Å². The summed E-state index contributed by atoms with van der Waals surface area (Å²) in [5.41, 5.74) is 3.95. The number of imidazole rings is 1. The van der Waals surface area contributed by atoms with E-state index in [4.69, 9.17) is 9.72 Å². The number of aryl methyl sites for hydroxylation is 2. The minimum atomic E-state index is 0.500. The van der Waals surface area contributed by atoms with Crippen molar-refractivity contribution in [1.82, 2.24) is 29.3 Å². The van der Waals surface area contributed by atoms with Crippen molar-refractivity contribution in [2.24, 2.45) is 0 Å². The van der Waals surface area contributed by atoms with Gasteiger partial charge in [0, 0.05) is 19.2 Å². The van der Waals surface area contributed by atoms with Gasteiger partial charge in [0.25, 0.3) is 0 Å². The third-order valence-electron chi connectivity index (χ3n) is 5.60. The highest BCUT2D eigenvalue weighted by Gasteiger charge is 2.22. The molecule has 0 amide bonds. The number of fused-ring (bicyclic) bond motifs is 1. The first-order valence-corrected chi connectivity index (χ1v) is 10.4. The van der Waals surface area contributed by atoms with Gasteiger partial charge in [-0.3, -0.25) is 0 Å². The summed E-state index contributed by atoms with van der Waals surface area (Å²) in [5, 5.41) is 4.65. The summed E-state index contributed by atoms with van der Waals surface area (Å²) in [6.45, 7) is 2.84. The third-order valence-corrected chi connectivity index (χ3v) is 5.60. The minimum Gasteiger partial charge on any atom is -0.479 e. The lowest BCUT2D eigenvalue weighted by atomic mass is 9.90. The first-order valence-electron chi connectivity index (χ1n) is 10.4. The molecular weight excluding hydrogens is 388 g/mol. The third kappa shape index (κ3) is 3.99. The van der Waals surface area contributed by atoms with Crippen molar-refractivity contribution in [3.8, 4) is 11.6 Å². The average Bonchev–Trinajstić information content (AvgIpc) is 3.43. The molecule has 5 rings (SSSR count). The predicted octanol–water partition coefficient (Wildman–Crippen LogP) is 4.08. The van der Waals surface area contributed by atoms with Crippen molar-refractivity contribution in [2.45, 2.75) is 32.2 Å². The van der Waals surface area contributed by atoms with Gasteiger partial charge in [-0.15, -0.1) is 0 Å². The number of methoxy groups -OCH3 is 1. The average molecular weight is 412 g/mol. The second kappa shape index (κ2) is 8.18. The molecule has 0 N–H and O–H groups in total. The van der Waals surface area contributed by atoms with Crippen molar-refractivity contribution in [1.29, 1.82) is 0 Å². The Balaban J connectivity index is 1.34. The molecule has 4 aromatic rings. The fraction of sp³-hybridized carbons (Fsp3) is 0.250. The Hall–Kier alpha value is -3.74. The number of hydrogen-bond acceptors (Lipinski definition) is 5. The van der Waals surface area contributed by atoms with E-state index in [-0.39, 0.29) is 0 Å². The molecule has 0 spiro atoms. The van der Waals surface area contributed by atoms with E-state index in [9.17, 15) is 0 Å². The number of pyridine rings is 1. The number of ether oxygens (including phenoxy) is 1. The maximum Gasteiger partial charge on any atom is 0.238 e. The van der Waals surface area contributed by atoms with Gasteiger partial charge in [0.15, 0.2) is 5.82 Å². The molecule has 31 heavy (non-hydrogen) atoms. The van der Waals surface area contributed by atoms with Gasteiger partial charge < -0.3 is 9.30 Å². The van der Waals surface area contributed by atoms with Crippen LogP contribution in [0, 0.1) is 6.92 Å². The summed E-state index contributed by atoms with van der Waals surface area (Å²) in [7, 11) is 1.62. The van der Waals surface area contributed by atoms with E-state index >= 15 is 0 Å². The highest BCUT2D eigenvalue weighted by atomic mass is 16.5. The van der Waals surface area contributed by atoms with Gasteiger partial charge in [0.05, 0.1) is 24.8 Å². The summed E-state index contributed by atoms with van der Waals surface area (Å²) in [4.78, 5) is 13.6. The highest BCUT2D eigenvalue weighted by molar-refractivity contribution is 5.65. The molecule has 1 atom stereocenters.